The van der Waals surface area contributed by atoms with Gasteiger partial charge >= 0.3 is 0 Å². The number of hydrogen-bond acceptors (Lipinski definition) is 6. The molecule has 25 heavy (non-hydrogen) atoms. The summed E-state index contributed by atoms with van der Waals surface area (Å²) >= 11 is 0. The first kappa shape index (κ1) is 16.0. The van der Waals surface area contributed by atoms with Crippen molar-refractivity contribution in [3.05, 3.63) is 48.8 Å². The monoisotopic (exact) mass is 339 g/mol. The van der Waals surface area contributed by atoms with Gasteiger partial charge in [0.1, 0.15) is 11.4 Å². The third-order valence-corrected chi connectivity index (χ3v) is 5.17. The lowest BCUT2D eigenvalue weighted by molar-refractivity contribution is -0.00810. The van der Waals surface area contributed by atoms with Gasteiger partial charge in [-0.05, 0) is 25.6 Å². The molecule has 1 spiro atoms. The van der Waals surface area contributed by atoms with Gasteiger partial charge in [-0.3, -0.25) is 19.7 Å². The zero-order chi connectivity index (χ0) is 17.3. The second kappa shape index (κ2) is 6.40. The maximum absolute atomic E-state index is 12.4. The third-order valence-electron chi connectivity index (χ3n) is 5.17. The summed E-state index contributed by atoms with van der Waals surface area (Å²) in [5.74, 6) is 1.22. The van der Waals surface area contributed by atoms with Crippen LogP contribution in [0.25, 0.3) is 0 Å². The molecule has 0 bridgehead atoms. The Balaban J connectivity index is 1.33. The summed E-state index contributed by atoms with van der Waals surface area (Å²) in [6.45, 7) is 3.13. The number of carbonyl (C=O) groups excluding carboxylic acids is 1. The van der Waals surface area contributed by atoms with E-state index in [0.717, 1.165) is 31.8 Å². The lowest BCUT2D eigenvalue weighted by Gasteiger charge is -2.51. The van der Waals surface area contributed by atoms with Crippen LogP contribution in [0.15, 0.2) is 43.1 Å². The van der Waals surface area contributed by atoms with Crippen LogP contribution in [0.5, 0.6) is 5.75 Å². The lowest BCUT2D eigenvalue weighted by atomic mass is 9.84. The molecule has 1 amide bonds. The second-order valence-electron chi connectivity index (χ2n) is 6.93. The van der Waals surface area contributed by atoms with Crippen LogP contribution >= 0.6 is 0 Å². The lowest BCUT2D eigenvalue weighted by Crippen LogP contribution is -2.68. The molecule has 0 saturated carbocycles. The molecule has 130 valence electrons. The molecule has 2 aromatic rings. The number of ether oxygens (including phenoxy) is 1. The average molecular weight is 339 g/mol. The molecule has 0 aromatic carbocycles. The Bertz CT molecular complexity index is 734. The molecular formula is C18H21N5O2. The first-order chi connectivity index (χ1) is 12.2. The fraction of sp³-hybridized carbons (Fsp3) is 0.444. The summed E-state index contributed by atoms with van der Waals surface area (Å²) in [6.07, 6.45) is 9.16. The van der Waals surface area contributed by atoms with E-state index >= 15 is 0 Å². The summed E-state index contributed by atoms with van der Waals surface area (Å²) in [4.78, 5) is 28.8. The maximum Gasteiger partial charge on any atom is 0.274 e. The predicted octanol–water partition coefficient (Wildman–Crippen LogP) is 1.10. The Morgan fingerprint density at radius 2 is 2.12 bits per heavy atom. The van der Waals surface area contributed by atoms with Crippen LogP contribution in [0.1, 0.15) is 16.9 Å². The highest BCUT2D eigenvalue weighted by Crippen LogP contribution is 2.39. The van der Waals surface area contributed by atoms with Gasteiger partial charge in [0.15, 0.2) is 0 Å². The van der Waals surface area contributed by atoms with Gasteiger partial charge in [-0.2, -0.15) is 0 Å². The first-order valence-electron chi connectivity index (χ1n) is 8.46. The van der Waals surface area contributed by atoms with E-state index in [9.17, 15) is 4.79 Å². The molecule has 2 aliphatic rings. The predicted molar refractivity (Wildman–Crippen MR) is 91.1 cm³/mol. The van der Waals surface area contributed by atoms with Crippen LogP contribution in [-0.2, 0) is 0 Å². The molecule has 1 atom stereocenters. The standard InChI is InChI=1S/C18H21N5O2/c1-22-10-14(11-25-15-3-2-4-19-8-15)7-18(22)12-23(13-18)17(24)16-9-20-5-6-21-16/h2-6,8-9,14H,7,10-13H2,1H3/t14-/m1/s1. The van der Waals surface area contributed by atoms with E-state index in [1.165, 1.54) is 6.20 Å². The van der Waals surface area contributed by atoms with Crippen LogP contribution < -0.4 is 4.74 Å². The van der Waals surface area contributed by atoms with Gasteiger partial charge in [-0.25, -0.2) is 4.98 Å². The van der Waals surface area contributed by atoms with Crippen molar-refractivity contribution in [1.82, 2.24) is 24.8 Å². The van der Waals surface area contributed by atoms with Crippen molar-refractivity contribution in [2.45, 2.75) is 12.0 Å². The Hall–Kier alpha value is -2.54. The van der Waals surface area contributed by atoms with Crippen LogP contribution in [0, 0.1) is 5.92 Å². The van der Waals surface area contributed by atoms with Gasteiger partial charge in [-0.15, -0.1) is 0 Å². The number of amides is 1. The highest BCUT2D eigenvalue weighted by Gasteiger charge is 2.53. The van der Waals surface area contributed by atoms with Gasteiger partial charge < -0.3 is 9.64 Å². The van der Waals surface area contributed by atoms with Gasteiger partial charge in [0, 0.05) is 44.1 Å². The van der Waals surface area contributed by atoms with Crippen molar-refractivity contribution in [3.63, 3.8) is 0 Å². The highest BCUT2D eigenvalue weighted by molar-refractivity contribution is 5.92. The topological polar surface area (TPSA) is 71.5 Å². The minimum atomic E-state index is -0.0396. The number of rotatable bonds is 4. The molecular weight excluding hydrogens is 318 g/mol. The van der Waals surface area contributed by atoms with E-state index < -0.39 is 0 Å². The van der Waals surface area contributed by atoms with Gasteiger partial charge in [0.2, 0.25) is 0 Å². The number of hydrogen-bond donors (Lipinski definition) is 0. The van der Waals surface area contributed by atoms with Crippen LogP contribution in [0.2, 0.25) is 0 Å². The molecule has 0 N–H and O–H groups in total. The molecule has 0 aliphatic carbocycles. The number of likely N-dealkylation sites (N-methyl/N-ethyl adjacent to an activating group) is 1. The van der Waals surface area contributed by atoms with Crippen LogP contribution in [-0.4, -0.2) is 69.5 Å². The fourth-order valence-electron chi connectivity index (χ4n) is 3.85. The van der Waals surface area contributed by atoms with Gasteiger partial charge in [0.25, 0.3) is 5.91 Å². The summed E-state index contributed by atoms with van der Waals surface area (Å²) in [5, 5.41) is 0. The van der Waals surface area contributed by atoms with E-state index in [0.29, 0.717) is 18.2 Å². The molecule has 0 radical (unpaired) electrons. The Kier molecular flexibility index (Phi) is 4.09. The summed E-state index contributed by atoms with van der Waals surface area (Å²) in [5.41, 5.74) is 0.482. The Morgan fingerprint density at radius 1 is 1.28 bits per heavy atom. The molecule has 0 unspecified atom stereocenters. The second-order valence-corrected chi connectivity index (χ2v) is 6.93. The fourth-order valence-corrected chi connectivity index (χ4v) is 3.85. The summed E-state index contributed by atoms with van der Waals surface area (Å²) in [7, 11) is 2.13. The first-order valence-corrected chi connectivity index (χ1v) is 8.46. The number of carbonyl (C=O) groups is 1. The summed E-state index contributed by atoms with van der Waals surface area (Å²) < 4.78 is 5.86. The molecule has 2 saturated heterocycles. The molecule has 7 heteroatoms. The van der Waals surface area contributed by atoms with E-state index in [1.54, 1.807) is 24.8 Å². The zero-order valence-electron chi connectivity index (χ0n) is 14.2. The van der Waals surface area contributed by atoms with Crippen molar-refractivity contribution < 1.29 is 9.53 Å². The number of nitrogens with zero attached hydrogens (tertiary/aromatic N) is 5. The normalized spacial score (nSPS) is 22.0. The quantitative estimate of drug-likeness (QED) is 0.831. The van der Waals surface area contributed by atoms with E-state index in [-0.39, 0.29) is 11.4 Å². The third kappa shape index (κ3) is 3.07. The number of pyridine rings is 1. The van der Waals surface area contributed by atoms with Crippen LogP contribution in [0.3, 0.4) is 0 Å². The number of likely N-dealkylation sites (tertiary alicyclic amines) is 2. The largest absolute Gasteiger partial charge is 0.492 e. The smallest absolute Gasteiger partial charge is 0.274 e. The van der Waals surface area contributed by atoms with E-state index in [4.69, 9.17) is 4.74 Å². The van der Waals surface area contributed by atoms with Crippen molar-refractivity contribution in [2.24, 2.45) is 5.92 Å². The van der Waals surface area contributed by atoms with Crippen molar-refractivity contribution in [1.29, 1.82) is 0 Å². The minimum Gasteiger partial charge on any atom is -0.492 e. The molecule has 7 nitrogen and oxygen atoms in total. The van der Waals surface area contributed by atoms with Crippen molar-refractivity contribution in [2.75, 3.05) is 33.3 Å². The molecule has 4 heterocycles. The van der Waals surface area contributed by atoms with E-state index in [2.05, 4.69) is 26.9 Å². The average Bonchev–Trinajstić information content (AvgIpc) is 2.96. The zero-order valence-corrected chi connectivity index (χ0v) is 14.2. The number of aromatic nitrogens is 3. The van der Waals surface area contributed by atoms with Crippen molar-refractivity contribution >= 4 is 5.91 Å². The maximum atomic E-state index is 12.4. The Morgan fingerprint density at radius 3 is 2.84 bits per heavy atom. The van der Waals surface area contributed by atoms with Crippen LogP contribution in [0.4, 0.5) is 0 Å². The molecule has 2 aromatic heterocycles. The molecule has 4 rings (SSSR count). The molecule has 2 aliphatic heterocycles. The van der Waals surface area contributed by atoms with Gasteiger partial charge in [0.05, 0.1) is 24.5 Å². The van der Waals surface area contributed by atoms with Crippen molar-refractivity contribution in [3.8, 4) is 5.75 Å². The molecule has 2 fully saturated rings. The SMILES string of the molecule is CN1C[C@H](COc2cccnc2)CC12CN(C(=O)c1cnccn1)C2. The highest BCUT2D eigenvalue weighted by atomic mass is 16.5. The van der Waals surface area contributed by atoms with E-state index in [1.807, 2.05) is 17.0 Å². The summed E-state index contributed by atoms with van der Waals surface area (Å²) in [6, 6.07) is 3.80. The Labute approximate surface area is 146 Å². The van der Waals surface area contributed by atoms with Gasteiger partial charge in [-0.1, -0.05) is 0 Å². The minimum absolute atomic E-state index is 0.0396.